The lowest BCUT2D eigenvalue weighted by Gasteiger charge is -2.23. The molecule has 1 unspecified atom stereocenters. The van der Waals surface area contributed by atoms with E-state index in [-0.39, 0.29) is 43.3 Å². The number of aldehydes is 1. The molecule has 132 valence electrons. The van der Waals surface area contributed by atoms with Crippen LogP contribution in [0.15, 0.2) is 0 Å². The Hall–Kier alpha value is -1.96. The summed E-state index contributed by atoms with van der Waals surface area (Å²) in [5.41, 5.74) is 0. The topological polar surface area (TPSA) is 108 Å². The Labute approximate surface area is 137 Å². The lowest BCUT2D eigenvalue weighted by atomic mass is 10.1. The molecule has 0 bridgehead atoms. The highest BCUT2D eigenvalue weighted by molar-refractivity contribution is 5.87. The molecule has 0 aliphatic heterocycles. The SMILES string of the molecule is CC(=O)NCCCCC(C(=O)NCC(=O)NCCC=O)N(C)C. The summed E-state index contributed by atoms with van der Waals surface area (Å²) in [5.74, 6) is -0.587. The summed E-state index contributed by atoms with van der Waals surface area (Å²) >= 11 is 0. The smallest absolute Gasteiger partial charge is 0.239 e. The maximum atomic E-state index is 12.1. The van der Waals surface area contributed by atoms with Gasteiger partial charge in [0.2, 0.25) is 17.7 Å². The predicted octanol–water partition coefficient (Wildman–Crippen LogP) is -0.956. The third-order valence-corrected chi connectivity index (χ3v) is 3.21. The van der Waals surface area contributed by atoms with Gasteiger partial charge in [-0.1, -0.05) is 0 Å². The van der Waals surface area contributed by atoms with E-state index in [1.165, 1.54) is 6.92 Å². The van der Waals surface area contributed by atoms with Gasteiger partial charge in [0.05, 0.1) is 12.6 Å². The highest BCUT2D eigenvalue weighted by atomic mass is 16.2. The summed E-state index contributed by atoms with van der Waals surface area (Å²) in [5, 5.41) is 7.85. The molecule has 0 radical (unpaired) electrons. The van der Waals surface area contributed by atoms with Gasteiger partial charge < -0.3 is 20.7 Å². The largest absolute Gasteiger partial charge is 0.356 e. The van der Waals surface area contributed by atoms with Crippen LogP contribution in [0.2, 0.25) is 0 Å². The molecule has 3 amide bonds. The average molecular weight is 328 g/mol. The molecule has 8 heteroatoms. The fraction of sp³-hybridized carbons (Fsp3) is 0.733. The van der Waals surface area contributed by atoms with Crippen LogP contribution in [-0.4, -0.2) is 68.7 Å². The summed E-state index contributed by atoms with van der Waals surface area (Å²) in [6, 6.07) is -0.324. The molecule has 0 saturated carbocycles. The Bertz CT molecular complexity index is 399. The number of nitrogens with one attached hydrogen (secondary N) is 3. The number of rotatable bonds is 12. The average Bonchev–Trinajstić information content (AvgIpc) is 2.48. The minimum absolute atomic E-state index is 0.0625. The van der Waals surface area contributed by atoms with Crippen LogP contribution in [0, 0.1) is 0 Å². The van der Waals surface area contributed by atoms with Crippen LogP contribution in [0.3, 0.4) is 0 Å². The van der Waals surface area contributed by atoms with Crippen molar-refractivity contribution in [1.82, 2.24) is 20.9 Å². The van der Waals surface area contributed by atoms with Crippen molar-refractivity contribution in [3.05, 3.63) is 0 Å². The fourth-order valence-electron chi connectivity index (χ4n) is 1.97. The minimum Gasteiger partial charge on any atom is -0.356 e. The molecule has 0 aliphatic carbocycles. The van der Waals surface area contributed by atoms with Crippen molar-refractivity contribution in [2.75, 3.05) is 33.7 Å². The second kappa shape index (κ2) is 12.6. The van der Waals surface area contributed by atoms with E-state index in [1.807, 2.05) is 14.1 Å². The zero-order valence-corrected chi connectivity index (χ0v) is 14.2. The molecule has 0 saturated heterocycles. The minimum atomic E-state index is -0.324. The second-order valence-corrected chi connectivity index (χ2v) is 5.48. The van der Waals surface area contributed by atoms with Crippen LogP contribution >= 0.6 is 0 Å². The lowest BCUT2D eigenvalue weighted by molar-refractivity contribution is -0.129. The summed E-state index contributed by atoms with van der Waals surface area (Å²) in [6.07, 6.45) is 3.22. The zero-order valence-electron chi connectivity index (χ0n) is 14.2. The molecule has 0 aliphatic rings. The van der Waals surface area contributed by atoms with Crippen molar-refractivity contribution >= 4 is 24.0 Å². The Morgan fingerprint density at radius 1 is 1.04 bits per heavy atom. The van der Waals surface area contributed by atoms with E-state index < -0.39 is 0 Å². The lowest BCUT2D eigenvalue weighted by Crippen LogP contribution is -2.46. The van der Waals surface area contributed by atoms with Gasteiger partial charge in [0.1, 0.15) is 6.29 Å². The Morgan fingerprint density at radius 2 is 1.74 bits per heavy atom. The van der Waals surface area contributed by atoms with Crippen LogP contribution in [-0.2, 0) is 19.2 Å². The number of hydrogen-bond donors (Lipinski definition) is 3. The fourth-order valence-corrected chi connectivity index (χ4v) is 1.97. The van der Waals surface area contributed by atoms with Gasteiger partial charge in [-0.3, -0.25) is 19.3 Å². The molecule has 3 N–H and O–H groups in total. The number of nitrogens with zero attached hydrogens (tertiary/aromatic N) is 1. The van der Waals surface area contributed by atoms with E-state index in [2.05, 4.69) is 16.0 Å². The molecular weight excluding hydrogens is 300 g/mol. The van der Waals surface area contributed by atoms with E-state index in [0.29, 0.717) is 13.0 Å². The molecule has 0 heterocycles. The van der Waals surface area contributed by atoms with Gasteiger partial charge in [-0.2, -0.15) is 0 Å². The third-order valence-electron chi connectivity index (χ3n) is 3.21. The summed E-state index contributed by atoms with van der Waals surface area (Å²) in [4.78, 5) is 46.3. The van der Waals surface area contributed by atoms with Gasteiger partial charge in [0.15, 0.2) is 0 Å². The van der Waals surface area contributed by atoms with Crippen molar-refractivity contribution in [3.63, 3.8) is 0 Å². The molecule has 23 heavy (non-hydrogen) atoms. The van der Waals surface area contributed by atoms with Gasteiger partial charge in [-0.25, -0.2) is 0 Å². The molecule has 1 atom stereocenters. The first-order chi connectivity index (χ1) is 10.9. The summed E-state index contributed by atoms with van der Waals surface area (Å²) in [6.45, 7) is 2.23. The molecule has 0 aromatic rings. The van der Waals surface area contributed by atoms with E-state index in [9.17, 15) is 19.2 Å². The van der Waals surface area contributed by atoms with Crippen LogP contribution in [0.4, 0.5) is 0 Å². The number of likely N-dealkylation sites (N-methyl/N-ethyl adjacent to an activating group) is 1. The number of carbonyl (C=O) groups is 4. The summed E-state index contributed by atoms with van der Waals surface area (Å²) in [7, 11) is 3.62. The van der Waals surface area contributed by atoms with Gasteiger partial charge in [0, 0.05) is 26.4 Å². The highest BCUT2D eigenvalue weighted by Crippen LogP contribution is 2.06. The zero-order chi connectivity index (χ0) is 17.7. The number of carbonyl (C=O) groups excluding carboxylic acids is 4. The Balaban J connectivity index is 4.07. The highest BCUT2D eigenvalue weighted by Gasteiger charge is 2.20. The van der Waals surface area contributed by atoms with Crippen LogP contribution < -0.4 is 16.0 Å². The normalized spacial score (nSPS) is 11.7. The third kappa shape index (κ3) is 11.3. The standard InChI is InChI=1S/C15H28N4O4/c1-12(21)16-8-5-4-7-13(19(2)3)15(23)18-11-14(22)17-9-6-10-20/h10,13H,4-9,11H2,1-3H3,(H,16,21)(H,17,22)(H,18,23). The molecular formula is C15H28N4O4. The maximum Gasteiger partial charge on any atom is 0.239 e. The van der Waals surface area contributed by atoms with Crippen LogP contribution in [0.5, 0.6) is 0 Å². The van der Waals surface area contributed by atoms with E-state index in [0.717, 1.165) is 19.1 Å². The van der Waals surface area contributed by atoms with Crippen molar-refractivity contribution in [2.24, 2.45) is 0 Å². The molecule has 0 fully saturated rings. The van der Waals surface area contributed by atoms with E-state index in [1.54, 1.807) is 4.90 Å². The molecule has 0 aromatic heterocycles. The Kier molecular flexibility index (Phi) is 11.5. The quantitative estimate of drug-likeness (QED) is 0.316. The van der Waals surface area contributed by atoms with Crippen molar-refractivity contribution < 1.29 is 19.2 Å². The Morgan fingerprint density at radius 3 is 2.30 bits per heavy atom. The van der Waals surface area contributed by atoms with Gasteiger partial charge in [-0.05, 0) is 33.4 Å². The van der Waals surface area contributed by atoms with Gasteiger partial charge in [-0.15, -0.1) is 0 Å². The molecule has 0 spiro atoms. The number of amides is 3. The monoisotopic (exact) mass is 328 g/mol. The maximum absolute atomic E-state index is 12.1. The second-order valence-electron chi connectivity index (χ2n) is 5.48. The van der Waals surface area contributed by atoms with E-state index >= 15 is 0 Å². The van der Waals surface area contributed by atoms with Crippen molar-refractivity contribution in [3.8, 4) is 0 Å². The number of unbranched alkanes of at least 4 members (excludes halogenated alkanes) is 1. The first-order valence-electron chi connectivity index (χ1n) is 7.77. The molecule has 8 nitrogen and oxygen atoms in total. The van der Waals surface area contributed by atoms with Gasteiger partial charge in [0.25, 0.3) is 0 Å². The molecule has 0 aromatic carbocycles. The first-order valence-corrected chi connectivity index (χ1v) is 7.77. The van der Waals surface area contributed by atoms with Crippen molar-refractivity contribution in [2.45, 2.75) is 38.6 Å². The van der Waals surface area contributed by atoms with Crippen LogP contribution in [0.25, 0.3) is 0 Å². The predicted molar refractivity (Wildman–Crippen MR) is 86.7 cm³/mol. The summed E-state index contributed by atoms with van der Waals surface area (Å²) < 4.78 is 0. The van der Waals surface area contributed by atoms with Gasteiger partial charge >= 0.3 is 0 Å². The van der Waals surface area contributed by atoms with E-state index in [4.69, 9.17) is 0 Å². The molecule has 0 rings (SSSR count). The number of hydrogen-bond acceptors (Lipinski definition) is 5. The van der Waals surface area contributed by atoms with Crippen molar-refractivity contribution in [1.29, 1.82) is 0 Å². The first kappa shape index (κ1) is 21.0. The van der Waals surface area contributed by atoms with Crippen LogP contribution in [0.1, 0.15) is 32.6 Å².